The van der Waals surface area contributed by atoms with Gasteiger partial charge in [0.25, 0.3) is 0 Å². The standard InChI is InChI=1S/C48H69BrClN3O2S2/c1-36-41(39-22-21-23-40(39)42-35-46(50)57-37(42)2)34-45(56-36)38-28-32-53(33-29-38)31-20-14-10-6-4-8-12-16-27-48(55)52-44-25-18-17-24-43(44)51-47(54)26-15-11-7-3-5-9-13-19-30-49/h28-29,32-35,43-44H,3-27,30-31H2,1-2H3,(H-,51,52,54,55)/p+1. The van der Waals surface area contributed by atoms with E-state index < -0.39 is 0 Å². The fourth-order valence-corrected chi connectivity index (χ4v) is 11.6. The van der Waals surface area contributed by atoms with Gasteiger partial charge in [-0.1, -0.05) is 111 Å². The molecule has 2 N–H and O–H groups in total. The zero-order valence-electron chi connectivity index (χ0n) is 35.0. The lowest BCUT2D eigenvalue weighted by atomic mass is 9.90. The van der Waals surface area contributed by atoms with Crippen LogP contribution in [0.25, 0.3) is 21.6 Å². The number of aryl methyl sites for hydroxylation is 3. The van der Waals surface area contributed by atoms with E-state index in [9.17, 15) is 9.59 Å². The highest BCUT2D eigenvalue weighted by atomic mass is 79.9. The summed E-state index contributed by atoms with van der Waals surface area (Å²) in [5.74, 6) is 0.317. The first-order valence-electron chi connectivity index (χ1n) is 22.6. The zero-order chi connectivity index (χ0) is 40.2. The number of carbonyl (C=O) groups is 2. The van der Waals surface area contributed by atoms with E-state index in [0.717, 1.165) is 80.4 Å². The summed E-state index contributed by atoms with van der Waals surface area (Å²) in [4.78, 5) is 29.6. The number of thiophene rings is 2. The lowest BCUT2D eigenvalue weighted by Crippen LogP contribution is -2.53. The lowest BCUT2D eigenvalue weighted by molar-refractivity contribution is -0.697. The number of halogens is 2. The molecule has 3 heterocycles. The molecule has 0 aromatic carbocycles. The molecule has 2 atom stereocenters. The minimum Gasteiger partial charge on any atom is -0.351 e. The second-order valence-electron chi connectivity index (χ2n) is 16.7. The van der Waals surface area contributed by atoms with Gasteiger partial charge in [-0.3, -0.25) is 9.59 Å². The molecule has 0 radical (unpaired) electrons. The van der Waals surface area contributed by atoms with Crippen LogP contribution in [0.1, 0.15) is 181 Å². The molecular weight excluding hydrogens is 830 g/mol. The number of aromatic nitrogens is 1. The SMILES string of the molecule is Cc1sc(Cl)cc1C1=C(c2cc(-c3cc[n+](CCCCCCCCCCC(=O)NC4CCCCC4NC(=O)CCCCCCCCCCBr)cc3)sc2C)CCC1. The second-order valence-corrected chi connectivity index (χ2v) is 20.7. The fourth-order valence-electron chi connectivity index (χ4n) is 8.89. The topological polar surface area (TPSA) is 62.1 Å². The second kappa shape index (κ2) is 25.6. The molecule has 3 aromatic heterocycles. The first-order valence-corrected chi connectivity index (χ1v) is 25.7. The Balaban J connectivity index is 0.895. The first kappa shape index (κ1) is 46.1. The molecule has 3 aromatic rings. The van der Waals surface area contributed by atoms with Crippen molar-refractivity contribution in [1.29, 1.82) is 0 Å². The number of nitrogens with zero attached hydrogens (tertiary/aromatic N) is 1. The maximum Gasteiger partial charge on any atom is 0.220 e. The Morgan fingerprint density at radius 3 is 1.65 bits per heavy atom. The van der Waals surface area contributed by atoms with Gasteiger partial charge in [-0.25, -0.2) is 4.57 Å². The first-order chi connectivity index (χ1) is 27.8. The predicted octanol–water partition coefficient (Wildman–Crippen LogP) is 14.1. The summed E-state index contributed by atoms with van der Waals surface area (Å²) >= 11 is 13.5. The Morgan fingerprint density at radius 2 is 1.14 bits per heavy atom. The van der Waals surface area contributed by atoms with Crippen LogP contribution in [-0.2, 0) is 16.1 Å². The number of hydrogen-bond donors (Lipinski definition) is 2. The van der Waals surface area contributed by atoms with E-state index in [1.165, 1.54) is 126 Å². The number of unbranched alkanes of at least 4 members (excludes halogenated alkanes) is 14. The van der Waals surface area contributed by atoms with E-state index in [4.69, 9.17) is 11.6 Å². The van der Waals surface area contributed by atoms with E-state index in [-0.39, 0.29) is 23.9 Å². The maximum absolute atomic E-state index is 12.8. The van der Waals surface area contributed by atoms with Gasteiger partial charge in [-0.05, 0) is 106 Å². The van der Waals surface area contributed by atoms with Crippen molar-refractivity contribution in [2.45, 2.75) is 193 Å². The van der Waals surface area contributed by atoms with Crippen LogP contribution in [0.4, 0.5) is 0 Å². The van der Waals surface area contributed by atoms with Crippen molar-refractivity contribution in [3.8, 4) is 10.4 Å². The number of rotatable bonds is 26. The number of hydrogen-bond acceptors (Lipinski definition) is 4. The van der Waals surface area contributed by atoms with Crippen LogP contribution in [0, 0.1) is 13.8 Å². The Labute approximate surface area is 366 Å². The van der Waals surface area contributed by atoms with Crippen molar-refractivity contribution in [3.05, 3.63) is 61.9 Å². The molecule has 1 fully saturated rings. The van der Waals surface area contributed by atoms with Gasteiger partial charge in [0.1, 0.15) is 6.54 Å². The number of allylic oxidation sites excluding steroid dienone is 2. The van der Waals surface area contributed by atoms with Crippen LogP contribution in [0.15, 0.2) is 36.7 Å². The van der Waals surface area contributed by atoms with Gasteiger partial charge in [0.2, 0.25) is 11.8 Å². The minimum absolute atomic E-state index is 0.0831. The highest BCUT2D eigenvalue weighted by molar-refractivity contribution is 9.09. The summed E-state index contributed by atoms with van der Waals surface area (Å²) in [6.07, 6.45) is 32.8. The molecule has 314 valence electrons. The molecule has 2 aliphatic carbocycles. The highest BCUT2D eigenvalue weighted by Crippen LogP contribution is 2.46. The molecule has 0 bridgehead atoms. The molecule has 5 nitrogen and oxygen atoms in total. The Bertz CT molecular complexity index is 1700. The Hall–Kier alpha value is -2.00. The average molecular weight is 901 g/mol. The summed E-state index contributed by atoms with van der Waals surface area (Å²) in [6.45, 7) is 5.53. The normalized spacial score (nSPS) is 17.1. The highest BCUT2D eigenvalue weighted by Gasteiger charge is 2.28. The number of nitrogens with one attached hydrogen (secondary N) is 2. The molecule has 1 saturated carbocycles. The molecule has 57 heavy (non-hydrogen) atoms. The van der Waals surface area contributed by atoms with Crippen molar-refractivity contribution in [2.75, 3.05) is 5.33 Å². The largest absolute Gasteiger partial charge is 0.351 e. The van der Waals surface area contributed by atoms with E-state index in [0.29, 0.717) is 12.8 Å². The van der Waals surface area contributed by atoms with Crippen molar-refractivity contribution < 1.29 is 14.2 Å². The van der Waals surface area contributed by atoms with E-state index >= 15 is 0 Å². The number of pyridine rings is 1. The van der Waals surface area contributed by atoms with Crippen LogP contribution >= 0.6 is 50.2 Å². The third-order valence-corrected chi connectivity index (χ3v) is 15.0. The van der Waals surface area contributed by atoms with E-state index in [2.05, 4.69) is 81.6 Å². The van der Waals surface area contributed by atoms with Crippen LogP contribution in [0.3, 0.4) is 0 Å². The number of amides is 2. The molecular formula is C48H70BrClN3O2S2+. The average Bonchev–Trinajstić information content (AvgIpc) is 3.93. The monoisotopic (exact) mass is 898 g/mol. The van der Waals surface area contributed by atoms with Crippen LogP contribution in [-0.4, -0.2) is 29.2 Å². The molecule has 9 heteroatoms. The summed E-state index contributed by atoms with van der Waals surface area (Å²) in [6, 6.07) is 9.33. The van der Waals surface area contributed by atoms with Gasteiger partial charge in [-0.15, -0.1) is 22.7 Å². The molecule has 2 unspecified atom stereocenters. The van der Waals surface area contributed by atoms with Gasteiger partial charge in [0.05, 0.1) is 4.34 Å². The summed E-state index contributed by atoms with van der Waals surface area (Å²) in [5, 5.41) is 7.68. The Morgan fingerprint density at radius 1 is 0.667 bits per heavy atom. The summed E-state index contributed by atoms with van der Waals surface area (Å²) in [7, 11) is 0. The maximum atomic E-state index is 12.8. The van der Waals surface area contributed by atoms with Gasteiger partial charge < -0.3 is 10.6 Å². The van der Waals surface area contributed by atoms with Crippen molar-refractivity contribution in [1.82, 2.24) is 10.6 Å². The molecule has 0 aliphatic heterocycles. The Kier molecular flexibility index (Phi) is 20.7. The minimum atomic E-state index is 0.0831. The molecule has 2 aliphatic rings. The molecule has 0 saturated heterocycles. The predicted molar refractivity (Wildman–Crippen MR) is 249 cm³/mol. The molecule has 0 spiro atoms. The fraction of sp³-hybridized carbons (Fsp3) is 0.646. The number of carbonyl (C=O) groups excluding carboxylic acids is 2. The lowest BCUT2D eigenvalue weighted by Gasteiger charge is -2.33. The smallest absolute Gasteiger partial charge is 0.220 e. The van der Waals surface area contributed by atoms with Gasteiger partial charge >= 0.3 is 0 Å². The van der Waals surface area contributed by atoms with Gasteiger partial charge in [0, 0.05) is 69.0 Å². The third-order valence-electron chi connectivity index (χ3n) is 12.2. The zero-order valence-corrected chi connectivity index (χ0v) is 39.0. The van der Waals surface area contributed by atoms with Crippen LogP contribution < -0.4 is 15.2 Å². The van der Waals surface area contributed by atoms with Crippen LogP contribution in [0.2, 0.25) is 4.34 Å². The van der Waals surface area contributed by atoms with Crippen molar-refractivity contribution in [2.24, 2.45) is 0 Å². The molecule has 5 rings (SSSR count). The summed E-state index contributed by atoms with van der Waals surface area (Å²) in [5.41, 5.74) is 7.11. The van der Waals surface area contributed by atoms with E-state index in [1.54, 1.807) is 11.3 Å². The summed E-state index contributed by atoms with van der Waals surface area (Å²) < 4.78 is 3.22. The molecule has 2 amide bonds. The van der Waals surface area contributed by atoms with Crippen molar-refractivity contribution in [3.63, 3.8) is 0 Å². The van der Waals surface area contributed by atoms with E-state index in [1.807, 2.05) is 11.3 Å². The van der Waals surface area contributed by atoms with Crippen LogP contribution in [0.5, 0.6) is 0 Å². The quantitative estimate of drug-likeness (QED) is 0.0479. The van der Waals surface area contributed by atoms with Gasteiger partial charge in [-0.2, -0.15) is 0 Å². The number of alkyl halides is 1. The third kappa shape index (κ3) is 15.5. The van der Waals surface area contributed by atoms with Crippen molar-refractivity contribution >= 4 is 73.2 Å². The van der Waals surface area contributed by atoms with Gasteiger partial charge in [0.15, 0.2) is 12.4 Å².